The average Bonchev–Trinajstić information content (AvgIpc) is 2.61. The van der Waals surface area contributed by atoms with Crippen LogP contribution in [0, 0.1) is 0 Å². The van der Waals surface area contributed by atoms with Crippen LogP contribution in [0.1, 0.15) is 35.9 Å². The summed E-state index contributed by atoms with van der Waals surface area (Å²) in [5.41, 5.74) is -0.391. The van der Waals surface area contributed by atoms with Crippen molar-refractivity contribution in [1.29, 1.82) is 0 Å². The Kier molecular flexibility index (Phi) is 2.41. The number of hydrogen-bond donors (Lipinski definition) is 0. The lowest BCUT2D eigenvalue weighted by Crippen LogP contribution is -2.10. The monoisotopic (exact) mass is 293 g/mol. The molecule has 2 rings (SSSR count). The van der Waals surface area contributed by atoms with E-state index in [1.807, 2.05) is 0 Å². The predicted octanol–water partition coefficient (Wildman–Crippen LogP) is 4.79. The SMILES string of the molecule is [2H]c1c([2H])c(C(C)(C)C)c([2H])c([2H])c1Oc1c([2H])c([2H])c(OC)c(OC)c1[2H]. The highest BCUT2D eigenvalue weighted by Crippen LogP contribution is 2.33. The molecule has 0 aliphatic carbocycles. The summed E-state index contributed by atoms with van der Waals surface area (Å²) in [5, 5.41) is 0. The summed E-state index contributed by atoms with van der Waals surface area (Å²) in [5.74, 6) is -1.06. The molecule has 0 atom stereocenters. The van der Waals surface area contributed by atoms with Crippen LogP contribution >= 0.6 is 0 Å². The van der Waals surface area contributed by atoms with Crippen molar-refractivity contribution in [3.63, 3.8) is 0 Å². The van der Waals surface area contributed by atoms with E-state index in [1.165, 1.54) is 14.2 Å². The molecule has 2 aromatic carbocycles. The number of benzene rings is 2. The van der Waals surface area contributed by atoms with Gasteiger partial charge in [-0.3, -0.25) is 0 Å². The van der Waals surface area contributed by atoms with Gasteiger partial charge in [-0.1, -0.05) is 32.9 Å². The van der Waals surface area contributed by atoms with Crippen molar-refractivity contribution in [2.24, 2.45) is 0 Å². The number of rotatable bonds is 4. The van der Waals surface area contributed by atoms with Crippen LogP contribution in [0.2, 0.25) is 0 Å². The van der Waals surface area contributed by atoms with Gasteiger partial charge in [-0.25, -0.2) is 0 Å². The van der Waals surface area contributed by atoms with Crippen LogP contribution in [0.3, 0.4) is 0 Å². The van der Waals surface area contributed by atoms with Gasteiger partial charge in [-0.2, -0.15) is 0 Å². The molecule has 0 N–H and O–H groups in total. The van der Waals surface area contributed by atoms with E-state index in [9.17, 15) is 0 Å². The molecule has 0 amide bonds. The highest BCUT2D eigenvalue weighted by atomic mass is 16.5. The Morgan fingerprint density at radius 1 is 0.810 bits per heavy atom. The van der Waals surface area contributed by atoms with Gasteiger partial charge < -0.3 is 14.2 Å². The van der Waals surface area contributed by atoms with E-state index in [0.717, 1.165) is 0 Å². The summed E-state index contributed by atoms with van der Waals surface area (Å²) >= 11 is 0. The van der Waals surface area contributed by atoms with E-state index in [-0.39, 0.29) is 35.2 Å². The first kappa shape index (κ1) is 8.32. The number of methoxy groups -OCH3 is 2. The average molecular weight is 293 g/mol. The van der Waals surface area contributed by atoms with Gasteiger partial charge in [0.25, 0.3) is 0 Å². The molecule has 0 unspecified atom stereocenters. The molecule has 0 saturated carbocycles. The first-order chi connectivity index (χ1) is 12.9. The van der Waals surface area contributed by atoms with Crippen LogP contribution in [0.25, 0.3) is 0 Å². The number of ether oxygens (including phenoxy) is 3. The van der Waals surface area contributed by atoms with E-state index in [0.29, 0.717) is 0 Å². The summed E-state index contributed by atoms with van der Waals surface area (Å²) in [6, 6.07) is -2.62. The van der Waals surface area contributed by atoms with Crippen molar-refractivity contribution in [1.82, 2.24) is 0 Å². The van der Waals surface area contributed by atoms with Gasteiger partial charge in [0.1, 0.15) is 11.5 Å². The normalized spacial score (nSPS) is 15.8. The fraction of sp³-hybridized carbons (Fsp3) is 0.333. The van der Waals surface area contributed by atoms with Crippen molar-refractivity contribution in [3.8, 4) is 23.0 Å². The topological polar surface area (TPSA) is 27.7 Å². The van der Waals surface area contributed by atoms with Gasteiger partial charge >= 0.3 is 0 Å². The summed E-state index contributed by atoms with van der Waals surface area (Å²) in [4.78, 5) is 0. The third kappa shape index (κ3) is 3.69. The molecule has 0 aliphatic heterocycles. The standard InChI is InChI=1S/C18H22O3/c1-18(2,3)13-6-8-14(9-7-13)21-15-10-11-16(19-4)17(12-15)20-5/h6-12H,1-5H3/i6D,7D,8D,9D,10D,11D,12D. The van der Waals surface area contributed by atoms with Gasteiger partial charge in [0.2, 0.25) is 0 Å². The van der Waals surface area contributed by atoms with Crippen molar-refractivity contribution in [3.05, 3.63) is 47.9 Å². The summed E-state index contributed by atoms with van der Waals surface area (Å²) in [6.07, 6.45) is 0. The maximum Gasteiger partial charge on any atom is 0.164 e. The number of hydrogen-bond acceptors (Lipinski definition) is 3. The minimum absolute atomic E-state index is 0.104. The van der Waals surface area contributed by atoms with Crippen LogP contribution in [-0.2, 0) is 5.41 Å². The molecule has 2 aromatic rings. The lowest BCUT2D eigenvalue weighted by Gasteiger charge is -2.19. The Bertz CT molecular complexity index is 907. The van der Waals surface area contributed by atoms with Gasteiger partial charge in [0.05, 0.1) is 23.8 Å². The summed E-state index contributed by atoms with van der Waals surface area (Å²) in [6.45, 7) is 5.34. The zero-order chi connectivity index (χ0) is 21.5. The molecule has 3 nitrogen and oxygen atoms in total. The molecule has 21 heavy (non-hydrogen) atoms. The van der Waals surface area contributed by atoms with E-state index < -0.39 is 41.1 Å². The molecule has 0 aliphatic rings. The molecule has 112 valence electrons. The fourth-order valence-electron chi connectivity index (χ4n) is 1.53. The van der Waals surface area contributed by atoms with Crippen LogP contribution in [0.15, 0.2) is 42.3 Å². The largest absolute Gasteiger partial charge is 0.493 e. The van der Waals surface area contributed by atoms with Crippen LogP contribution in [0.5, 0.6) is 23.0 Å². The molecule has 3 heteroatoms. The van der Waals surface area contributed by atoms with Crippen LogP contribution in [-0.4, -0.2) is 14.2 Å². The quantitative estimate of drug-likeness (QED) is 0.811. The zero-order valence-corrected chi connectivity index (χ0v) is 12.7. The van der Waals surface area contributed by atoms with E-state index in [2.05, 4.69) is 0 Å². The first-order valence-electron chi connectivity index (χ1n) is 9.88. The van der Waals surface area contributed by atoms with Gasteiger partial charge in [0.15, 0.2) is 11.5 Å². The molecule has 0 radical (unpaired) electrons. The maximum absolute atomic E-state index is 8.24. The second kappa shape index (κ2) is 6.08. The molecule has 0 aromatic heterocycles. The second-order valence-corrected chi connectivity index (χ2v) is 5.33. The molecule has 0 fully saturated rings. The smallest absolute Gasteiger partial charge is 0.164 e. The highest BCUT2D eigenvalue weighted by molar-refractivity contribution is 5.47. The Morgan fingerprint density at radius 2 is 1.38 bits per heavy atom. The fourth-order valence-corrected chi connectivity index (χ4v) is 1.53. The van der Waals surface area contributed by atoms with Gasteiger partial charge in [-0.15, -0.1) is 0 Å². The van der Waals surface area contributed by atoms with Crippen molar-refractivity contribution in [2.45, 2.75) is 26.2 Å². The molecule has 0 spiro atoms. The van der Waals surface area contributed by atoms with Crippen molar-refractivity contribution >= 4 is 0 Å². The minimum Gasteiger partial charge on any atom is -0.493 e. The third-order valence-electron chi connectivity index (χ3n) is 2.69. The third-order valence-corrected chi connectivity index (χ3v) is 2.69. The lowest BCUT2D eigenvalue weighted by atomic mass is 9.87. The summed E-state index contributed by atoms with van der Waals surface area (Å²) in [7, 11) is 2.56. The molecule has 0 saturated heterocycles. The van der Waals surface area contributed by atoms with E-state index in [1.54, 1.807) is 20.8 Å². The second-order valence-electron chi connectivity index (χ2n) is 5.33. The Labute approximate surface area is 136 Å². The molecular weight excluding hydrogens is 264 g/mol. The zero-order valence-electron chi connectivity index (χ0n) is 19.7. The Hall–Kier alpha value is -2.16. The van der Waals surface area contributed by atoms with Gasteiger partial charge in [-0.05, 0) is 35.1 Å². The molecular formula is C18H22O3. The van der Waals surface area contributed by atoms with Crippen LogP contribution in [0.4, 0.5) is 0 Å². The van der Waals surface area contributed by atoms with E-state index >= 15 is 0 Å². The highest BCUT2D eigenvalue weighted by Gasteiger charge is 2.13. The van der Waals surface area contributed by atoms with Crippen LogP contribution < -0.4 is 14.2 Å². The molecule has 0 heterocycles. The first-order valence-corrected chi connectivity index (χ1v) is 6.38. The van der Waals surface area contributed by atoms with E-state index in [4.69, 9.17) is 23.8 Å². The lowest BCUT2D eigenvalue weighted by molar-refractivity contribution is 0.352. The van der Waals surface area contributed by atoms with Crippen molar-refractivity contribution in [2.75, 3.05) is 14.2 Å². The maximum atomic E-state index is 8.24. The van der Waals surface area contributed by atoms with Gasteiger partial charge in [0, 0.05) is 6.04 Å². The summed E-state index contributed by atoms with van der Waals surface area (Å²) < 4.78 is 72.9. The minimum atomic E-state index is -0.628. The molecule has 0 bridgehead atoms. The Morgan fingerprint density at radius 3 is 1.90 bits per heavy atom. The predicted molar refractivity (Wildman–Crippen MR) is 84.8 cm³/mol. The van der Waals surface area contributed by atoms with Crippen molar-refractivity contribution < 1.29 is 23.8 Å². The Balaban J connectivity index is 2.76.